The van der Waals surface area contributed by atoms with Crippen LogP contribution in [0.1, 0.15) is 18.1 Å². The summed E-state index contributed by atoms with van der Waals surface area (Å²) in [6, 6.07) is 2.37. The number of carbonyl (C=O) groups is 1. The van der Waals surface area contributed by atoms with Gasteiger partial charge in [-0.1, -0.05) is 6.07 Å². The van der Waals surface area contributed by atoms with Crippen LogP contribution in [0.4, 0.5) is 13.6 Å². The van der Waals surface area contributed by atoms with E-state index in [2.05, 4.69) is 15.7 Å². The Morgan fingerprint density at radius 3 is 2.74 bits per heavy atom. The number of benzene rings is 1. The third kappa shape index (κ3) is 4.49. The molecule has 8 heteroatoms. The van der Waals surface area contributed by atoms with Crippen LogP contribution >= 0.6 is 0 Å². The number of urea groups is 1. The smallest absolute Gasteiger partial charge is 0.315 e. The van der Waals surface area contributed by atoms with Gasteiger partial charge in [0.25, 0.3) is 0 Å². The maximum Gasteiger partial charge on any atom is 0.315 e. The number of rotatable bonds is 5. The molecular weight excluding hydrogens is 306 g/mol. The summed E-state index contributed by atoms with van der Waals surface area (Å²) in [5.74, 6) is -1.60. The van der Waals surface area contributed by atoms with Gasteiger partial charge < -0.3 is 15.7 Å². The molecule has 0 spiro atoms. The van der Waals surface area contributed by atoms with Gasteiger partial charge in [-0.25, -0.2) is 13.6 Å². The molecular formula is C15H18F2N4O2. The monoisotopic (exact) mass is 324 g/mol. The van der Waals surface area contributed by atoms with Crippen molar-refractivity contribution in [2.75, 3.05) is 6.54 Å². The van der Waals surface area contributed by atoms with Crippen molar-refractivity contribution in [2.24, 2.45) is 7.05 Å². The molecule has 1 unspecified atom stereocenters. The molecule has 0 saturated carbocycles. The van der Waals surface area contributed by atoms with Gasteiger partial charge >= 0.3 is 6.03 Å². The van der Waals surface area contributed by atoms with Gasteiger partial charge in [-0.3, -0.25) is 4.68 Å². The number of nitrogens with one attached hydrogen (secondary N) is 2. The van der Waals surface area contributed by atoms with E-state index in [0.717, 1.165) is 17.7 Å². The third-order valence-corrected chi connectivity index (χ3v) is 3.32. The summed E-state index contributed by atoms with van der Waals surface area (Å²) >= 11 is 0. The molecule has 0 aliphatic rings. The fraction of sp³-hybridized carbons (Fsp3) is 0.333. The average Bonchev–Trinajstić information content (AvgIpc) is 2.88. The molecule has 23 heavy (non-hydrogen) atoms. The van der Waals surface area contributed by atoms with Crippen LogP contribution < -0.4 is 10.6 Å². The van der Waals surface area contributed by atoms with Crippen LogP contribution in [0.3, 0.4) is 0 Å². The van der Waals surface area contributed by atoms with Gasteiger partial charge in [-0.05, 0) is 13.0 Å². The van der Waals surface area contributed by atoms with Gasteiger partial charge in [0, 0.05) is 37.0 Å². The van der Waals surface area contributed by atoms with Gasteiger partial charge in [0.1, 0.15) is 17.2 Å². The summed E-state index contributed by atoms with van der Waals surface area (Å²) in [7, 11) is 1.76. The number of amides is 2. The second kappa shape index (κ2) is 6.74. The summed E-state index contributed by atoms with van der Waals surface area (Å²) in [6.07, 6.45) is 3.37. The number of nitrogens with zero attached hydrogens (tertiary/aromatic N) is 2. The summed E-state index contributed by atoms with van der Waals surface area (Å²) in [5.41, 5.74) is -0.936. The molecule has 1 aromatic heterocycles. The van der Waals surface area contributed by atoms with Crippen LogP contribution in [-0.2, 0) is 19.2 Å². The standard InChI is InChI=1S/C15H18F2N4O2/c1-15(23,12-4-3-11(16)5-13(12)17)9-19-14(22)18-6-10-7-20-21(2)8-10/h3-5,7-8,23H,6,9H2,1-2H3,(H2,18,19,22). The minimum atomic E-state index is -1.66. The molecule has 1 heterocycles. The van der Waals surface area contributed by atoms with E-state index >= 15 is 0 Å². The molecule has 6 nitrogen and oxygen atoms in total. The predicted octanol–water partition coefficient (Wildman–Crippen LogP) is 1.41. The Balaban J connectivity index is 1.89. The molecule has 124 valence electrons. The maximum atomic E-state index is 13.7. The Labute approximate surface area is 132 Å². The van der Waals surface area contributed by atoms with Crippen molar-refractivity contribution in [3.8, 4) is 0 Å². The number of hydrogen-bond acceptors (Lipinski definition) is 3. The second-order valence-electron chi connectivity index (χ2n) is 5.46. The number of hydrogen-bond donors (Lipinski definition) is 3. The van der Waals surface area contributed by atoms with Crippen molar-refractivity contribution >= 4 is 6.03 Å². The summed E-state index contributed by atoms with van der Waals surface area (Å²) in [6.45, 7) is 1.38. The van der Waals surface area contributed by atoms with Gasteiger partial charge in [0.2, 0.25) is 0 Å². The zero-order valence-corrected chi connectivity index (χ0v) is 12.8. The first-order valence-electron chi connectivity index (χ1n) is 6.95. The van der Waals surface area contributed by atoms with Crippen molar-refractivity contribution in [3.05, 3.63) is 53.4 Å². The first-order valence-corrected chi connectivity index (χ1v) is 6.95. The van der Waals surface area contributed by atoms with Crippen molar-refractivity contribution in [1.82, 2.24) is 20.4 Å². The second-order valence-corrected chi connectivity index (χ2v) is 5.46. The van der Waals surface area contributed by atoms with Gasteiger partial charge in [0.05, 0.1) is 12.7 Å². The summed E-state index contributed by atoms with van der Waals surface area (Å²) < 4.78 is 28.2. The first-order chi connectivity index (χ1) is 10.8. The van der Waals surface area contributed by atoms with E-state index in [1.54, 1.807) is 24.1 Å². The Morgan fingerprint density at radius 1 is 1.39 bits per heavy atom. The van der Waals surface area contributed by atoms with E-state index < -0.39 is 23.3 Å². The minimum Gasteiger partial charge on any atom is -0.383 e. The molecule has 0 fully saturated rings. The highest BCUT2D eigenvalue weighted by molar-refractivity contribution is 5.73. The van der Waals surface area contributed by atoms with Crippen molar-refractivity contribution in [3.63, 3.8) is 0 Å². The predicted molar refractivity (Wildman–Crippen MR) is 79.4 cm³/mol. The Bertz CT molecular complexity index is 701. The fourth-order valence-electron chi connectivity index (χ4n) is 2.08. The molecule has 2 amide bonds. The van der Waals surface area contributed by atoms with Crippen LogP contribution in [0.5, 0.6) is 0 Å². The average molecular weight is 324 g/mol. The fourth-order valence-corrected chi connectivity index (χ4v) is 2.08. The third-order valence-electron chi connectivity index (χ3n) is 3.32. The van der Waals surface area contributed by atoms with Crippen molar-refractivity contribution in [2.45, 2.75) is 19.1 Å². The molecule has 0 saturated heterocycles. The number of aromatic nitrogens is 2. The summed E-state index contributed by atoms with van der Waals surface area (Å²) in [4.78, 5) is 11.7. The van der Waals surface area contributed by atoms with E-state index in [1.807, 2.05) is 0 Å². The van der Waals surface area contributed by atoms with Gasteiger partial charge in [-0.15, -0.1) is 0 Å². The quantitative estimate of drug-likeness (QED) is 0.778. The molecule has 1 aromatic carbocycles. The lowest BCUT2D eigenvalue weighted by Gasteiger charge is -2.24. The lowest BCUT2D eigenvalue weighted by Crippen LogP contribution is -2.43. The van der Waals surface area contributed by atoms with Crippen LogP contribution in [0.15, 0.2) is 30.6 Å². The minimum absolute atomic E-state index is 0.0912. The molecule has 1 atom stereocenters. The first kappa shape index (κ1) is 16.9. The Kier molecular flexibility index (Phi) is 4.95. The van der Waals surface area contributed by atoms with Gasteiger partial charge in [-0.2, -0.15) is 5.10 Å². The van der Waals surface area contributed by atoms with E-state index in [9.17, 15) is 18.7 Å². The van der Waals surface area contributed by atoms with E-state index in [-0.39, 0.29) is 18.7 Å². The lowest BCUT2D eigenvalue weighted by atomic mass is 9.95. The van der Waals surface area contributed by atoms with Crippen LogP contribution in [0, 0.1) is 11.6 Å². The Morgan fingerprint density at radius 2 is 2.13 bits per heavy atom. The summed E-state index contributed by atoms with van der Waals surface area (Å²) in [5, 5.41) is 19.3. The zero-order valence-electron chi connectivity index (χ0n) is 12.8. The lowest BCUT2D eigenvalue weighted by molar-refractivity contribution is 0.0555. The van der Waals surface area contributed by atoms with Crippen LogP contribution in [-0.4, -0.2) is 27.5 Å². The normalized spacial score (nSPS) is 13.4. The molecule has 0 aliphatic heterocycles. The van der Waals surface area contributed by atoms with Crippen LogP contribution in [0.2, 0.25) is 0 Å². The molecule has 0 bridgehead atoms. The SMILES string of the molecule is Cn1cc(CNC(=O)NCC(C)(O)c2ccc(F)cc2F)cn1. The number of halogens is 2. The van der Waals surface area contributed by atoms with E-state index in [1.165, 1.54) is 6.92 Å². The number of aliphatic hydroxyl groups is 1. The highest BCUT2D eigenvalue weighted by Crippen LogP contribution is 2.23. The molecule has 0 radical (unpaired) electrons. The number of carbonyl (C=O) groups excluding carboxylic acids is 1. The van der Waals surface area contributed by atoms with E-state index in [4.69, 9.17) is 0 Å². The molecule has 2 rings (SSSR count). The van der Waals surface area contributed by atoms with Gasteiger partial charge in [0.15, 0.2) is 0 Å². The highest BCUT2D eigenvalue weighted by Gasteiger charge is 2.27. The van der Waals surface area contributed by atoms with E-state index in [0.29, 0.717) is 6.07 Å². The topological polar surface area (TPSA) is 79.2 Å². The Hall–Kier alpha value is -2.48. The molecule has 3 N–H and O–H groups in total. The maximum absolute atomic E-state index is 13.7. The largest absolute Gasteiger partial charge is 0.383 e. The molecule has 0 aliphatic carbocycles. The molecule has 2 aromatic rings. The van der Waals surface area contributed by atoms with Crippen molar-refractivity contribution in [1.29, 1.82) is 0 Å². The highest BCUT2D eigenvalue weighted by atomic mass is 19.1. The number of aryl methyl sites for hydroxylation is 1. The van der Waals surface area contributed by atoms with Crippen LogP contribution in [0.25, 0.3) is 0 Å². The zero-order chi connectivity index (χ0) is 17.0. The van der Waals surface area contributed by atoms with Crippen molar-refractivity contribution < 1.29 is 18.7 Å².